The molecule has 0 unspecified atom stereocenters. The molecule has 21 heavy (non-hydrogen) atoms. The summed E-state index contributed by atoms with van der Waals surface area (Å²) in [5.74, 6) is -4.72. The number of ether oxygens (including phenoxy) is 1. The average molecular weight is 314 g/mol. The summed E-state index contributed by atoms with van der Waals surface area (Å²) in [6, 6.07) is 7.44. The largest absolute Gasteiger partial charge is 0.459 e. The third-order valence-corrected chi connectivity index (χ3v) is 3.35. The zero-order valence-corrected chi connectivity index (χ0v) is 11.9. The summed E-state index contributed by atoms with van der Waals surface area (Å²) in [6.45, 7) is 1.79. The van der Waals surface area contributed by atoms with Crippen LogP contribution in [0.2, 0.25) is 0 Å². The van der Waals surface area contributed by atoms with Gasteiger partial charge in [0.05, 0.1) is 12.4 Å². The summed E-state index contributed by atoms with van der Waals surface area (Å²) in [5.41, 5.74) is -0.0948. The van der Waals surface area contributed by atoms with Gasteiger partial charge in [-0.1, -0.05) is 47.2 Å². The van der Waals surface area contributed by atoms with Crippen molar-refractivity contribution in [3.63, 3.8) is 0 Å². The van der Waals surface area contributed by atoms with E-state index in [-0.39, 0.29) is 23.3 Å². The molecule has 0 aliphatic carbocycles. The van der Waals surface area contributed by atoms with Gasteiger partial charge in [-0.25, -0.2) is 13.6 Å². The number of carbonyl (C=O) groups excluding carboxylic acids is 1. The van der Waals surface area contributed by atoms with Gasteiger partial charge in [-0.05, 0) is 6.92 Å². The second kappa shape index (κ2) is 6.66. The predicted octanol–water partition coefficient (Wildman–Crippen LogP) is 3.13. The fraction of sp³-hybridized carbons (Fsp3) is 0.308. The van der Waals surface area contributed by atoms with E-state index in [1.165, 1.54) is 12.1 Å². The van der Waals surface area contributed by atoms with Crippen LogP contribution in [-0.4, -0.2) is 28.5 Å². The number of nitrogens with zero attached hydrogens (tertiary/aromatic N) is 2. The number of alkyl halides is 2. The molecule has 0 saturated heterocycles. The van der Waals surface area contributed by atoms with Crippen molar-refractivity contribution in [2.75, 3.05) is 12.4 Å². The first-order valence-electron chi connectivity index (χ1n) is 6.09. The molecule has 1 aromatic carbocycles. The normalized spacial score (nSPS) is 11.4. The molecule has 0 radical (unpaired) electrons. The van der Waals surface area contributed by atoms with E-state index in [1.807, 2.05) is 0 Å². The molecule has 0 aliphatic rings. The summed E-state index contributed by atoms with van der Waals surface area (Å²) in [5, 5.41) is 6.88. The van der Waals surface area contributed by atoms with Crippen molar-refractivity contribution in [1.82, 2.24) is 10.2 Å². The van der Waals surface area contributed by atoms with Crippen LogP contribution in [0.25, 0.3) is 0 Å². The fourth-order valence-corrected chi connectivity index (χ4v) is 2.17. The minimum Gasteiger partial charge on any atom is -0.459 e. The number of esters is 1. The predicted molar refractivity (Wildman–Crippen MR) is 71.3 cm³/mol. The number of hydrogen-bond donors (Lipinski definition) is 0. The average Bonchev–Trinajstić information content (AvgIpc) is 2.96. The van der Waals surface area contributed by atoms with Gasteiger partial charge in [0.15, 0.2) is 0 Å². The lowest BCUT2D eigenvalue weighted by molar-refractivity contribution is 0.0229. The monoisotopic (exact) mass is 314 g/mol. The Balaban J connectivity index is 1.98. The highest BCUT2D eigenvalue weighted by atomic mass is 32.2. The third kappa shape index (κ3) is 4.01. The molecule has 0 saturated carbocycles. The minimum atomic E-state index is -3.04. The second-order valence-electron chi connectivity index (χ2n) is 3.95. The van der Waals surface area contributed by atoms with Crippen LogP contribution < -0.4 is 0 Å². The molecule has 0 spiro atoms. The van der Waals surface area contributed by atoms with Crippen molar-refractivity contribution in [2.45, 2.75) is 18.1 Å². The maximum Gasteiger partial charge on any atom is 0.396 e. The fourth-order valence-electron chi connectivity index (χ4n) is 1.46. The molecule has 1 aromatic heterocycles. The molecule has 1 heterocycles. The highest BCUT2D eigenvalue weighted by molar-refractivity contribution is 7.99. The second-order valence-corrected chi connectivity index (χ2v) is 4.88. The minimum absolute atomic E-state index is 0.0948. The SMILES string of the molecule is CCOC(=O)c1nnc(SCC(F)(F)c2ccccc2)o1. The first kappa shape index (κ1) is 15.4. The summed E-state index contributed by atoms with van der Waals surface area (Å²) in [7, 11) is 0. The van der Waals surface area contributed by atoms with Gasteiger partial charge in [0, 0.05) is 5.56 Å². The molecule has 2 rings (SSSR count). The van der Waals surface area contributed by atoms with Crippen molar-refractivity contribution in [3.8, 4) is 0 Å². The molecule has 0 bridgehead atoms. The van der Waals surface area contributed by atoms with E-state index < -0.39 is 17.6 Å². The van der Waals surface area contributed by atoms with Crippen molar-refractivity contribution in [1.29, 1.82) is 0 Å². The van der Waals surface area contributed by atoms with E-state index in [4.69, 9.17) is 4.42 Å². The maximum absolute atomic E-state index is 13.9. The van der Waals surface area contributed by atoms with E-state index in [0.29, 0.717) is 11.8 Å². The molecular weight excluding hydrogens is 302 g/mol. The topological polar surface area (TPSA) is 65.2 Å². The summed E-state index contributed by atoms with van der Waals surface area (Å²) < 4.78 is 37.5. The van der Waals surface area contributed by atoms with E-state index in [2.05, 4.69) is 14.9 Å². The van der Waals surface area contributed by atoms with E-state index in [1.54, 1.807) is 25.1 Å². The van der Waals surface area contributed by atoms with Crippen molar-refractivity contribution >= 4 is 17.7 Å². The van der Waals surface area contributed by atoms with Gasteiger partial charge in [0.25, 0.3) is 11.1 Å². The van der Waals surface area contributed by atoms with Crippen LogP contribution in [0.3, 0.4) is 0 Å². The molecular formula is C13H12F2N2O3S. The third-order valence-electron chi connectivity index (χ3n) is 2.43. The Labute approximate surface area is 123 Å². The van der Waals surface area contributed by atoms with Gasteiger partial charge in [0.2, 0.25) is 0 Å². The van der Waals surface area contributed by atoms with Crippen LogP contribution in [-0.2, 0) is 10.7 Å². The number of rotatable bonds is 6. The standard InChI is InChI=1S/C13H12F2N2O3S/c1-2-19-11(18)10-16-17-12(20-10)21-8-13(14,15)9-6-4-3-5-7-9/h3-7H,2,8H2,1H3. The Morgan fingerprint density at radius 1 is 1.33 bits per heavy atom. The molecule has 0 fully saturated rings. The van der Waals surface area contributed by atoms with E-state index >= 15 is 0 Å². The lowest BCUT2D eigenvalue weighted by Crippen LogP contribution is -2.16. The molecule has 0 N–H and O–H groups in total. The lowest BCUT2D eigenvalue weighted by Gasteiger charge is -2.14. The van der Waals surface area contributed by atoms with Crippen LogP contribution in [0, 0.1) is 0 Å². The molecule has 8 heteroatoms. The zero-order valence-electron chi connectivity index (χ0n) is 11.1. The first-order valence-corrected chi connectivity index (χ1v) is 7.08. The molecule has 5 nitrogen and oxygen atoms in total. The van der Waals surface area contributed by atoms with Gasteiger partial charge in [-0.2, -0.15) is 0 Å². The highest BCUT2D eigenvalue weighted by Crippen LogP contribution is 2.33. The van der Waals surface area contributed by atoms with Crippen LogP contribution in [0.15, 0.2) is 40.0 Å². The Hall–Kier alpha value is -1.96. The number of benzene rings is 1. The van der Waals surface area contributed by atoms with Crippen LogP contribution in [0.5, 0.6) is 0 Å². The molecule has 0 atom stereocenters. The van der Waals surface area contributed by atoms with Crippen molar-refractivity contribution < 1.29 is 22.7 Å². The quantitative estimate of drug-likeness (QED) is 0.603. The van der Waals surface area contributed by atoms with Gasteiger partial charge in [-0.3, -0.25) is 0 Å². The number of aromatic nitrogens is 2. The Morgan fingerprint density at radius 2 is 2.05 bits per heavy atom. The van der Waals surface area contributed by atoms with Gasteiger partial charge in [-0.15, -0.1) is 5.10 Å². The Morgan fingerprint density at radius 3 is 2.71 bits per heavy atom. The van der Waals surface area contributed by atoms with Crippen LogP contribution >= 0.6 is 11.8 Å². The molecule has 0 amide bonds. The van der Waals surface area contributed by atoms with E-state index in [0.717, 1.165) is 0 Å². The number of carbonyl (C=O) groups is 1. The van der Waals surface area contributed by atoms with Gasteiger partial charge in [0.1, 0.15) is 0 Å². The van der Waals surface area contributed by atoms with Gasteiger partial charge < -0.3 is 9.15 Å². The summed E-state index contributed by atoms with van der Waals surface area (Å²) >= 11 is 0.680. The zero-order chi connectivity index (χ0) is 15.3. The lowest BCUT2D eigenvalue weighted by atomic mass is 10.1. The number of hydrogen-bond acceptors (Lipinski definition) is 6. The maximum atomic E-state index is 13.9. The highest BCUT2D eigenvalue weighted by Gasteiger charge is 2.32. The number of thioether (sulfide) groups is 1. The first-order chi connectivity index (χ1) is 10.0. The molecule has 0 aliphatic heterocycles. The van der Waals surface area contributed by atoms with Crippen LogP contribution in [0.4, 0.5) is 8.78 Å². The van der Waals surface area contributed by atoms with Gasteiger partial charge >= 0.3 is 11.9 Å². The number of halogens is 2. The molecule has 112 valence electrons. The Kier molecular flexibility index (Phi) is 4.89. The van der Waals surface area contributed by atoms with Crippen molar-refractivity contribution in [2.24, 2.45) is 0 Å². The summed E-state index contributed by atoms with van der Waals surface area (Å²) in [6.07, 6.45) is 0. The summed E-state index contributed by atoms with van der Waals surface area (Å²) in [4.78, 5) is 11.3. The smallest absolute Gasteiger partial charge is 0.396 e. The molecule has 2 aromatic rings. The van der Waals surface area contributed by atoms with Crippen molar-refractivity contribution in [3.05, 3.63) is 41.8 Å². The Bertz CT molecular complexity index is 604. The van der Waals surface area contributed by atoms with E-state index in [9.17, 15) is 13.6 Å². The van der Waals surface area contributed by atoms with Crippen LogP contribution in [0.1, 0.15) is 23.2 Å².